The molecular weight excluding hydrogens is 476 g/mol. The van der Waals surface area contributed by atoms with Gasteiger partial charge in [-0.2, -0.15) is 16.8 Å². The zero-order valence-electron chi connectivity index (χ0n) is 15.5. The number of benzene rings is 4. The molecule has 0 aliphatic carbocycles. The fraction of sp³-hybridized carbons (Fsp3) is 0. The monoisotopic (exact) mass is 486 g/mol. The third kappa shape index (κ3) is 3.60. The van der Waals surface area contributed by atoms with E-state index in [9.17, 15) is 43.5 Å². The van der Waals surface area contributed by atoms with Gasteiger partial charge in [0.05, 0.1) is 0 Å². The van der Waals surface area contributed by atoms with Crippen LogP contribution in [0.1, 0.15) is 0 Å². The highest BCUT2D eigenvalue weighted by atomic mass is 32.2. The highest BCUT2D eigenvalue weighted by Gasteiger charge is 2.32. The maximum absolute atomic E-state index is 14.9. The molecule has 32 heavy (non-hydrogen) atoms. The van der Waals surface area contributed by atoms with Gasteiger partial charge in [0.15, 0.2) is 0 Å². The van der Waals surface area contributed by atoms with Crippen LogP contribution in [0.5, 0.6) is 0 Å². The van der Waals surface area contributed by atoms with Crippen molar-refractivity contribution >= 4 is 41.8 Å². The van der Waals surface area contributed by atoms with Crippen LogP contribution in [0, 0.1) is 23.3 Å². The molecule has 4 aromatic carbocycles. The first kappa shape index (κ1) is 22.1. The van der Waals surface area contributed by atoms with Gasteiger partial charge in [-0.05, 0) is 57.9 Å². The topological polar surface area (TPSA) is 109 Å². The lowest BCUT2D eigenvalue weighted by atomic mass is 9.93. The molecule has 0 saturated heterocycles. The van der Waals surface area contributed by atoms with Gasteiger partial charge in [0.2, 0.25) is 0 Å². The molecule has 4 aromatic rings. The van der Waals surface area contributed by atoms with Gasteiger partial charge in [0.25, 0.3) is 20.2 Å². The van der Waals surface area contributed by atoms with Crippen molar-refractivity contribution in [2.24, 2.45) is 0 Å². The highest BCUT2D eigenvalue weighted by Crippen LogP contribution is 2.44. The predicted molar refractivity (Wildman–Crippen MR) is 106 cm³/mol. The Hall–Kier alpha value is -3.06. The van der Waals surface area contributed by atoms with Crippen LogP contribution in [0.2, 0.25) is 0 Å². The molecule has 4 rings (SSSR count). The molecule has 0 aromatic heterocycles. The van der Waals surface area contributed by atoms with Gasteiger partial charge in [-0.3, -0.25) is 9.11 Å². The van der Waals surface area contributed by atoms with Gasteiger partial charge >= 0.3 is 0 Å². The molecule has 0 amide bonds. The molecule has 0 bridgehead atoms. The largest absolute Gasteiger partial charge is 0.298 e. The van der Waals surface area contributed by atoms with Crippen LogP contribution in [0.4, 0.5) is 17.6 Å². The van der Waals surface area contributed by atoms with Gasteiger partial charge in [0, 0.05) is 11.1 Å². The number of fused-ring (bicyclic) bond motifs is 2. The first-order valence-corrected chi connectivity index (χ1v) is 11.5. The van der Waals surface area contributed by atoms with E-state index in [-0.39, 0.29) is 21.5 Å². The minimum absolute atomic E-state index is 0.259. The van der Waals surface area contributed by atoms with Gasteiger partial charge in [-0.1, -0.05) is 12.1 Å². The van der Waals surface area contributed by atoms with Gasteiger partial charge in [0.1, 0.15) is 33.1 Å². The summed E-state index contributed by atoms with van der Waals surface area (Å²) in [6, 6.07) is 6.36. The Labute approximate surface area is 178 Å². The van der Waals surface area contributed by atoms with Crippen LogP contribution < -0.4 is 0 Å². The molecule has 0 spiro atoms. The number of halogens is 4. The van der Waals surface area contributed by atoms with E-state index in [0.717, 1.165) is 36.4 Å². The summed E-state index contributed by atoms with van der Waals surface area (Å²) in [5, 5.41) is -1.10. The second kappa shape index (κ2) is 7.24. The fourth-order valence-electron chi connectivity index (χ4n) is 3.65. The summed E-state index contributed by atoms with van der Waals surface area (Å²) in [7, 11) is -10.8. The molecular formula is C20H10F4O6S2. The van der Waals surface area contributed by atoms with Crippen molar-refractivity contribution in [1.29, 1.82) is 0 Å². The molecule has 0 atom stereocenters. The zero-order valence-corrected chi connectivity index (χ0v) is 17.1. The third-order valence-corrected chi connectivity index (χ3v) is 6.61. The van der Waals surface area contributed by atoms with E-state index in [1.165, 1.54) is 0 Å². The molecule has 0 unspecified atom stereocenters. The maximum Gasteiger partial charge on any atom is 0.298 e. The third-order valence-electron chi connectivity index (χ3n) is 4.78. The van der Waals surface area contributed by atoms with E-state index in [1.807, 2.05) is 0 Å². The minimum atomic E-state index is -5.41. The Bertz CT molecular complexity index is 1540. The standard InChI is InChI=1S/C20H10F4O6S2/c21-11-1-3-13-9(5-11)7-15(23)19(31(25,26)27)17(13)18-14-4-2-12(22)6-10(14)8-16(24)20(18)32(28,29)30/h1-8H,(H,25,26,27)(H,28,29,30). The van der Waals surface area contributed by atoms with E-state index < -0.39 is 64.4 Å². The van der Waals surface area contributed by atoms with Crippen molar-refractivity contribution in [2.45, 2.75) is 9.79 Å². The van der Waals surface area contributed by atoms with Crippen molar-refractivity contribution in [3.63, 3.8) is 0 Å². The molecule has 0 aliphatic heterocycles. The SMILES string of the molecule is O=S(=O)(O)c1c(F)cc2cc(F)ccc2c1-c1c(S(=O)(=O)O)c(F)cc2cc(F)ccc12. The lowest BCUT2D eigenvalue weighted by molar-refractivity contribution is 0.469. The molecule has 0 saturated carbocycles. The first-order valence-electron chi connectivity index (χ1n) is 8.58. The summed E-state index contributed by atoms with van der Waals surface area (Å²) < 4.78 is 125. The van der Waals surface area contributed by atoms with Crippen LogP contribution in [0.3, 0.4) is 0 Å². The zero-order chi connectivity index (χ0) is 23.6. The lowest BCUT2D eigenvalue weighted by Gasteiger charge is -2.18. The van der Waals surface area contributed by atoms with E-state index >= 15 is 0 Å². The maximum atomic E-state index is 14.9. The van der Waals surface area contributed by atoms with Crippen molar-refractivity contribution in [3.8, 4) is 11.1 Å². The lowest BCUT2D eigenvalue weighted by Crippen LogP contribution is -2.10. The minimum Gasteiger partial charge on any atom is -0.282 e. The molecule has 0 heterocycles. The molecule has 6 nitrogen and oxygen atoms in total. The van der Waals surface area contributed by atoms with Crippen LogP contribution >= 0.6 is 0 Å². The Morgan fingerprint density at radius 2 is 0.906 bits per heavy atom. The van der Waals surface area contributed by atoms with E-state index in [0.29, 0.717) is 12.1 Å². The van der Waals surface area contributed by atoms with E-state index in [2.05, 4.69) is 0 Å². The average molecular weight is 486 g/mol. The molecule has 0 fully saturated rings. The van der Waals surface area contributed by atoms with Crippen LogP contribution in [0.25, 0.3) is 32.7 Å². The van der Waals surface area contributed by atoms with E-state index in [1.54, 1.807) is 0 Å². The van der Waals surface area contributed by atoms with E-state index in [4.69, 9.17) is 0 Å². The van der Waals surface area contributed by atoms with Crippen molar-refractivity contribution < 1.29 is 43.5 Å². The summed E-state index contributed by atoms with van der Waals surface area (Å²) in [5.74, 6) is -4.91. The second-order valence-electron chi connectivity index (χ2n) is 6.81. The summed E-state index contributed by atoms with van der Waals surface area (Å²) in [6.07, 6.45) is 0. The van der Waals surface area contributed by atoms with Gasteiger partial charge in [-0.25, -0.2) is 17.6 Å². The Balaban J connectivity index is 2.42. The average Bonchev–Trinajstić information content (AvgIpc) is 2.63. The van der Waals surface area contributed by atoms with Crippen molar-refractivity contribution in [2.75, 3.05) is 0 Å². The highest BCUT2D eigenvalue weighted by molar-refractivity contribution is 7.86. The Kier molecular flexibility index (Phi) is 5.01. The van der Waals surface area contributed by atoms with Crippen LogP contribution in [-0.4, -0.2) is 25.9 Å². The quantitative estimate of drug-likeness (QED) is 0.321. The Morgan fingerprint density at radius 1 is 0.562 bits per heavy atom. The molecule has 12 heteroatoms. The van der Waals surface area contributed by atoms with Crippen molar-refractivity contribution in [1.82, 2.24) is 0 Å². The molecule has 0 aliphatic rings. The van der Waals surface area contributed by atoms with Crippen molar-refractivity contribution in [3.05, 3.63) is 71.8 Å². The predicted octanol–water partition coefficient (Wildman–Crippen LogP) is 4.71. The van der Waals surface area contributed by atoms with Gasteiger partial charge < -0.3 is 0 Å². The summed E-state index contributed by atoms with van der Waals surface area (Å²) >= 11 is 0. The Morgan fingerprint density at radius 3 is 1.22 bits per heavy atom. The molecule has 0 radical (unpaired) electrons. The molecule has 2 N–H and O–H groups in total. The first-order chi connectivity index (χ1) is 14.8. The number of hydrogen-bond acceptors (Lipinski definition) is 4. The smallest absolute Gasteiger partial charge is 0.282 e. The number of hydrogen-bond donors (Lipinski definition) is 2. The fourth-order valence-corrected chi connectivity index (χ4v) is 5.20. The summed E-state index contributed by atoms with van der Waals surface area (Å²) in [5.41, 5.74) is -1.71. The van der Waals surface area contributed by atoms with Crippen LogP contribution in [0.15, 0.2) is 58.3 Å². The summed E-state index contributed by atoms with van der Waals surface area (Å²) in [6.45, 7) is 0. The van der Waals surface area contributed by atoms with Crippen LogP contribution in [-0.2, 0) is 20.2 Å². The second-order valence-corrected chi connectivity index (χ2v) is 9.52. The summed E-state index contributed by atoms with van der Waals surface area (Å²) in [4.78, 5) is -2.87. The van der Waals surface area contributed by atoms with Gasteiger partial charge in [-0.15, -0.1) is 0 Å². The number of rotatable bonds is 3. The molecule has 166 valence electrons. The normalized spacial score (nSPS) is 12.6.